The summed E-state index contributed by atoms with van der Waals surface area (Å²) in [6, 6.07) is 11.3. The Labute approximate surface area is 198 Å². The monoisotopic (exact) mass is 467 g/mol. The Hall–Kier alpha value is -3.72. The molecule has 1 aliphatic heterocycles. The maximum Gasteiger partial charge on any atom is 0.295 e. The fraction of sp³-hybridized carbons (Fsp3) is 0.360. The zero-order valence-electron chi connectivity index (χ0n) is 19.6. The Morgan fingerprint density at radius 2 is 1.82 bits per heavy atom. The van der Waals surface area contributed by atoms with Gasteiger partial charge in [0.1, 0.15) is 11.5 Å². The van der Waals surface area contributed by atoms with Gasteiger partial charge in [0.25, 0.3) is 17.4 Å². The summed E-state index contributed by atoms with van der Waals surface area (Å²) in [5.41, 5.74) is 0.498. The highest BCUT2D eigenvalue weighted by Gasteiger charge is 2.46. The molecule has 0 bridgehead atoms. The van der Waals surface area contributed by atoms with Gasteiger partial charge < -0.3 is 19.6 Å². The van der Waals surface area contributed by atoms with Crippen molar-refractivity contribution in [2.24, 2.45) is 0 Å². The van der Waals surface area contributed by atoms with E-state index in [1.165, 1.54) is 30.2 Å². The van der Waals surface area contributed by atoms with Crippen LogP contribution in [0.4, 0.5) is 5.69 Å². The molecule has 0 unspecified atom stereocenters. The van der Waals surface area contributed by atoms with Crippen molar-refractivity contribution in [3.63, 3.8) is 0 Å². The molecule has 0 radical (unpaired) electrons. The van der Waals surface area contributed by atoms with Crippen molar-refractivity contribution < 1.29 is 24.4 Å². The van der Waals surface area contributed by atoms with Gasteiger partial charge in [-0.25, -0.2) is 0 Å². The standard InChI is InChI=1S/C25H29N3O6/c1-4-26(5-2)14-7-15-27-22(18-8-6-9-19(16-18)28(32)33)21(24(30)25(27)31)23(29)17-10-12-20(34-3)13-11-17/h6,8-13,16,22,29H,4-5,7,14-15H2,1-3H3/t22-/m1/s1. The number of benzene rings is 2. The number of nitro groups is 1. The normalized spacial score (nSPS) is 17.4. The lowest BCUT2D eigenvalue weighted by Crippen LogP contribution is -2.33. The van der Waals surface area contributed by atoms with Crippen LogP contribution in [0, 0.1) is 10.1 Å². The summed E-state index contributed by atoms with van der Waals surface area (Å²) in [5, 5.41) is 22.5. The SMILES string of the molecule is CCN(CC)CCCN1C(=O)C(=O)C(=C(O)c2ccc(OC)cc2)[C@H]1c1cccc([N+](=O)[O-])c1. The van der Waals surface area contributed by atoms with Gasteiger partial charge >= 0.3 is 0 Å². The molecule has 0 aliphatic carbocycles. The number of hydrogen-bond donors (Lipinski definition) is 1. The third kappa shape index (κ3) is 5.09. The number of carbonyl (C=O) groups excluding carboxylic acids is 2. The predicted molar refractivity (Wildman–Crippen MR) is 128 cm³/mol. The maximum atomic E-state index is 13.1. The van der Waals surface area contributed by atoms with Crippen LogP contribution in [0.2, 0.25) is 0 Å². The average molecular weight is 468 g/mol. The number of non-ortho nitro benzene ring substituents is 1. The minimum Gasteiger partial charge on any atom is -0.507 e. The fourth-order valence-electron chi connectivity index (χ4n) is 4.17. The van der Waals surface area contributed by atoms with Crippen molar-refractivity contribution in [1.82, 2.24) is 9.80 Å². The minimum absolute atomic E-state index is 0.0847. The van der Waals surface area contributed by atoms with Crippen LogP contribution in [0.1, 0.15) is 37.4 Å². The van der Waals surface area contributed by atoms with Gasteiger partial charge in [-0.1, -0.05) is 26.0 Å². The van der Waals surface area contributed by atoms with E-state index in [2.05, 4.69) is 4.90 Å². The molecule has 3 rings (SSSR count). The average Bonchev–Trinajstić information content (AvgIpc) is 3.11. The second-order valence-corrected chi connectivity index (χ2v) is 7.95. The van der Waals surface area contributed by atoms with Gasteiger partial charge in [-0.15, -0.1) is 0 Å². The molecule has 2 aromatic carbocycles. The molecule has 1 N–H and O–H groups in total. The number of carbonyl (C=O) groups is 2. The van der Waals surface area contributed by atoms with Crippen LogP contribution in [-0.2, 0) is 9.59 Å². The number of aliphatic hydroxyl groups is 1. The van der Waals surface area contributed by atoms with Crippen molar-refractivity contribution in [1.29, 1.82) is 0 Å². The van der Waals surface area contributed by atoms with Gasteiger partial charge in [-0.3, -0.25) is 19.7 Å². The van der Waals surface area contributed by atoms with Crippen LogP contribution in [0.5, 0.6) is 5.75 Å². The Morgan fingerprint density at radius 1 is 1.15 bits per heavy atom. The smallest absolute Gasteiger partial charge is 0.295 e. The maximum absolute atomic E-state index is 13.1. The molecule has 0 saturated carbocycles. The minimum atomic E-state index is -0.932. The van der Waals surface area contributed by atoms with E-state index in [0.717, 1.165) is 19.6 Å². The lowest BCUT2D eigenvalue weighted by Gasteiger charge is -2.26. The number of rotatable bonds is 10. The Kier molecular flexibility index (Phi) is 8.01. The molecule has 2 aromatic rings. The molecular formula is C25H29N3O6. The van der Waals surface area contributed by atoms with Crippen LogP contribution in [-0.4, -0.2) is 64.8 Å². The van der Waals surface area contributed by atoms with Crippen molar-refractivity contribution >= 4 is 23.1 Å². The van der Waals surface area contributed by atoms with E-state index in [0.29, 0.717) is 23.3 Å². The molecule has 180 valence electrons. The van der Waals surface area contributed by atoms with Crippen molar-refractivity contribution in [2.75, 3.05) is 33.3 Å². The van der Waals surface area contributed by atoms with Crippen LogP contribution in [0.15, 0.2) is 54.1 Å². The van der Waals surface area contributed by atoms with E-state index < -0.39 is 22.7 Å². The highest BCUT2D eigenvalue weighted by atomic mass is 16.6. The number of amides is 1. The molecule has 1 amide bonds. The summed E-state index contributed by atoms with van der Waals surface area (Å²) >= 11 is 0. The third-order valence-corrected chi connectivity index (χ3v) is 6.07. The Morgan fingerprint density at radius 3 is 2.41 bits per heavy atom. The number of aliphatic hydroxyl groups excluding tert-OH is 1. The topological polar surface area (TPSA) is 113 Å². The van der Waals surface area contributed by atoms with Gasteiger partial charge in [0.05, 0.1) is 23.6 Å². The van der Waals surface area contributed by atoms with Crippen molar-refractivity contribution in [3.05, 3.63) is 75.3 Å². The largest absolute Gasteiger partial charge is 0.507 e. The first kappa shape index (κ1) is 24.9. The fourth-order valence-corrected chi connectivity index (χ4v) is 4.17. The number of likely N-dealkylation sites (tertiary alicyclic amines) is 1. The number of nitro benzene ring substituents is 1. The van der Waals surface area contributed by atoms with Crippen LogP contribution in [0.25, 0.3) is 5.76 Å². The Bertz CT molecular complexity index is 1090. The molecule has 9 heteroatoms. The van der Waals surface area contributed by atoms with Gasteiger partial charge in [-0.2, -0.15) is 0 Å². The molecule has 1 heterocycles. The van der Waals surface area contributed by atoms with Crippen LogP contribution >= 0.6 is 0 Å². The summed E-state index contributed by atoms with van der Waals surface area (Å²) in [7, 11) is 1.51. The molecule has 1 aliphatic rings. The lowest BCUT2D eigenvalue weighted by molar-refractivity contribution is -0.384. The molecule has 9 nitrogen and oxygen atoms in total. The van der Waals surface area contributed by atoms with Gasteiger partial charge in [0, 0.05) is 24.2 Å². The van der Waals surface area contributed by atoms with Crippen LogP contribution in [0.3, 0.4) is 0 Å². The first-order valence-electron chi connectivity index (χ1n) is 11.2. The molecule has 1 saturated heterocycles. The summed E-state index contributed by atoms with van der Waals surface area (Å²) in [4.78, 5) is 40.6. The number of ketones is 1. The molecule has 1 atom stereocenters. The van der Waals surface area contributed by atoms with E-state index in [1.54, 1.807) is 30.3 Å². The quantitative estimate of drug-likeness (QED) is 0.186. The highest BCUT2D eigenvalue weighted by molar-refractivity contribution is 6.46. The van der Waals surface area contributed by atoms with E-state index in [4.69, 9.17) is 4.74 Å². The zero-order valence-corrected chi connectivity index (χ0v) is 19.6. The Balaban J connectivity index is 2.07. The number of Topliss-reactive ketones (excluding diaryl/α,β-unsaturated/α-hetero) is 1. The molecule has 1 fully saturated rings. The van der Waals surface area contributed by atoms with Crippen LogP contribution < -0.4 is 4.74 Å². The lowest BCUT2D eigenvalue weighted by atomic mass is 9.95. The van der Waals surface area contributed by atoms with E-state index in [-0.39, 0.29) is 23.6 Å². The third-order valence-electron chi connectivity index (χ3n) is 6.07. The van der Waals surface area contributed by atoms with E-state index >= 15 is 0 Å². The second kappa shape index (κ2) is 10.9. The van der Waals surface area contributed by atoms with Crippen molar-refractivity contribution in [2.45, 2.75) is 26.3 Å². The molecule has 34 heavy (non-hydrogen) atoms. The second-order valence-electron chi connectivity index (χ2n) is 7.95. The molecule has 0 aromatic heterocycles. The predicted octanol–water partition coefficient (Wildman–Crippen LogP) is 3.76. The number of ether oxygens (including phenoxy) is 1. The summed E-state index contributed by atoms with van der Waals surface area (Å²) < 4.78 is 5.14. The summed E-state index contributed by atoms with van der Waals surface area (Å²) in [6.45, 7) is 6.83. The highest BCUT2D eigenvalue weighted by Crippen LogP contribution is 2.40. The number of hydrogen-bond acceptors (Lipinski definition) is 7. The zero-order chi connectivity index (χ0) is 24.8. The molecule has 0 spiro atoms. The van der Waals surface area contributed by atoms with E-state index in [1.807, 2.05) is 13.8 Å². The van der Waals surface area contributed by atoms with Crippen molar-refractivity contribution in [3.8, 4) is 5.75 Å². The molecular weight excluding hydrogens is 438 g/mol. The number of methoxy groups -OCH3 is 1. The van der Waals surface area contributed by atoms with Gasteiger partial charge in [0.15, 0.2) is 0 Å². The first-order chi connectivity index (χ1) is 16.3. The number of nitrogens with zero attached hydrogens (tertiary/aromatic N) is 3. The first-order valence-corrected chi connectivity index (χ1v) is 11.2. The van der Waals surface area contributed by atoms with E-state index in [9.17, 15) is 24.8 Å². The summed E-state index contributed by atoms with van der Waals surface area (Å²) in [5.74, 6) is -1.30. The summed E-state index contributed by atoms with van der Waals surface area (Å²) in [6.07, 6.45) is 0.614. The van der Waals surface area contributed by atoms with Gasteiger partial charge in [-0.05, 0) is 55.9 Å². The van der Waals surface area contributed by atoms with Gasteiger partial charge in [0.2, 0.25) is 0 Å².